The van der Waals surface area contributed by atoms with Gasteiger partial charge in [0, 0.05) is 0 Å². The lowest BCUT2D eigenvalue weighted by Crippen LogP contribution is -2.27. The summed E-state index contributed by atoms with van der Waals surface area (Å²) in [5.74, 6) is -0.328. The SMILES string of the molecule is C=C1SC(=O)N(c2ccccc2)C1=O. The van der Waals surface area contributed by atoms with E-state index in [0.717, 1.165) is 16.7 Å². The number of nitrogens with zero attached hydrogens (tertiary/aromatic N) is 1. The number of hydrogen-bond donors (Lipinski definition) is 0. The van der Waals surface area contributed by atoms with Crippen LogP contribution in [0.5, 0.6) is 0 Å². The molecule has 14 heavy (non-hydrogen) atoms. The third-order valence-electron chi connectivity index (χ3n) is 1.85. The largest absolute Gasteiger partial charge is 0.298 e. The molecule has 0 aromatic heterocycles. The van der Waals surface area contributed by atoms with Crippen LogP contribution in [0.1, 0.15) is 0 Å². The van der Waals surface area contributed by atoms with Crippen molar-refractivity contribution in [3.05, 3.63) is 41.8 Å². The zero-order valence-corrected chi connectivity index (χ0v) is 8.08. The van der Waals surface area contributed by atoms with Crippen LogP contribution in [-0.4, -0.2) is 11.1 Å². The van der Waals surface area contributed by atoms with E-state index in [0.29, 0.717) is 5.69 Å². The first kappa shape index (κ1) is 9.02. The van der Waals surface area contributed by atoms with E-state index >= 15 is 0 Å². The van der Waals surface area contributed by atoms with E-state index in [9.17, 15) is 9.59 Å². The van der Waals surface area contributed by atoms with Crippen LogP contribution in [0.25, 0.3) is 0 Å². The van der Waals surface area contributed by atoms with E-state index in [4.69, 9.17) is 0 Å². The molecular formula is C10H7NO2S. The summed E-state index contributed by atoms with van der Waals surface area (Å²) in [5, 5.41) is -0.286. The summed E-state index contributed by atoms with van der Waals surface area (Å²) < 4.78 is 0. The van der Waals surface area contributed by atoms with Gasteiger partial charge in [0.25, 0.3) is 11.1 Å². The van der Waals surface area contributed by atoms with E-state index < -0.39 is 0 Å². The van der Waals surface area contributed by atoms with Gasteiger partial charge in [0.2, 0.25) is 0 Å². The minimum Gasteiger partial charge on any atom is -0.268 e. The standard InChI is InChI=1S/C10H7NO2S/c1-7-9(12)11(10(13)14-7)8-5-3-2-4-6-8/h2-6H,1H2. The lowest BCUT2D eigenvalue weighted by Gasteiger charge is -2.11. The number of hydrogen-bond acceptors (Lipinski definition) is 3. The Balaban J connectivity index is 2.41. The highest BCUT2D eigenvalue weighted by Gasteiger charge is 2.34. The van der Waals surface area contributed by atoms with Crippen molar-refractivity contribution in [2.24, 2.45) is 0 Å². The Kier molecular flexibility index (Phi) is 2.13. The predicted molar refractivity (Wildman–Crippen MR) is 56.1 cm³/mol. The summed E-state index contributed by atoms with van der Waals surface area (Å²) in [6, 6.07) is 8.82. The Morgan fingerprint density at radius 2 is 1.79 bits per heavy atom. The van der Waals surface area contributed by atoms with E-state index in [1.807, 2.05) is 6.07 Å². The third kappa shape index (κ3) is 1.33. The smallest absolute Gasteiger partial charge is 0.268 e. The molecule has 2 rings (SSSR count). The summed E-state index contributed by atoms with van der Waals surface area (Å²) in [5.41, 5.74) is 0.591. The van der Waals surface area contributed by atoms with Gasteiger partial charge in [0.15, 0.2) is 0 Å². The van der Waals surface area contributed by atoms with Gasteiger partial charge in [-0.2, -0.15) is 0 Å². The molecule has 1 aliphatic rings. The van der Waals surface area contributed by atoms with E-state index in [1.54, 1.807) is 24.3 Å². The molecule has 1 aromatic rings. The molecule has 1 aromatic carbocycles. The third-order valence-corrected chi connectivity index (χ3v) is 2.63. The summed E-state index contributed by atoms with van der Waals surface area (Å²) in [7, 11) is 0. The van der Waals surface area contributed by atoms with Gasteiger partial charge in [0.1, 0.15) is 0 Å². The molecule has 0 aliphatic carbocycles. The van der Waals surface area contributed by atoms with Gasteiger partial charge in [-0.25, -0.2) is 4.90 Å². The lowest BCUT2D eigenvalue weighted by molar-refractivity contribution is -0.113. The molecule has 1 heterocycles. The van der Waals surface area contributed by atoms with E-state index in [1.165, 1.54) is 0 Å². The van der Waals surface area contributed by atoms with Crippen LogP contribution in [-0.2, 0) is 4.79 Å². The molecule has 0 bridgehead atoms. The quantitative estimate of drug-likeness (QED) is 0.660. The van der Waals surface area contributed by atoms with Gasteiger partial charge in [0.05, 0.1) is 10.6 Å². The zero-order chi connectivity index (χ0) is 10.1. The van der Waals surface area contributed by atoms with Crippen molar-refractivity contribution < 1.29 is 9.59 Å². The Labute approximate surface area is 85.4 Å². The first-order chi connectivity index (χ1) is 6.70. The van der Waals surface area contributed by atoms with Crippen LogP contribution in [0.15, 0.2) is 41.8 Å². The number of carbonyl (C=O) groups is 2. The molecule has 1 aliphatic heterocycles. The Bertz CT molecular complexity index is 413. The van der Waals surface area contributed by atoms with Gasteiger partial charge >= 0.3 is 0 Å². The summed E-state index contributed by atoms with van der Waals surface area (Å²) in [6.45, 7) is 3.51. The Hall–Kier alpha value is -1.55. The fourth-order valence-corrected chi connectivity index (χ4v) is 1.87. The summed E-state index contributed by atoms with van der Waals surface area (Å²) in [6.07, 6.45) is 0. The molecule has 0 radical (unpaired) electrons. The second-order valence-electron chi connectivity index (χ2n) is 2.77. The number of para-hydroxylation sites is 1. The highest BCUT2D eigenvalue weighted by atomic mass is 32.2. The van der Waals surface area contributed by atoms with E-state index in [-0.39, 0.29) is 16.1 Å². The molecule has 0 N–H and O–H groups in total. The Morgan fingerprint density at radius 3 is 2.29 bits per heavy atom. The van der Waals surface area contributed by atoms with Crippen LogP contribution < -0.4 is 4.90 Å². The average Bonchev–Trinajstić information content (AvgIpc) is 2.43. The maximum atomic E-state index is 11.5. The van der Waals surface area contributed by atoms with Crippen molar-refractivity contribution in [2.75, 3.05) is 4.90 Å². The van der Waals surface area contributed by atoms with Gasteiger partial charge in [-0.05, 0) is 23.9 Å². The minimum atomic E-state index is -0.328. The topological polar surface area (TPSA) is 37.4 Å². The van der Waals surface area contributed by atoms with Crippen LogP contribution in [0.2, 0.25) is 0 Å². The van der Waals surface area contributed by atoms with Crippen LogP contribution in [0.4, 0.5) is 10.5 Å². The molecule has 0 atom stereocenters. The average molecular weight is 205 g/mol. The van der Waals surface area contributed by atoms with Crippen molar-refractivity contribution >= 4 is 28.6 Å². The summed E-state index contributed by atoms with van der Waals surface area (Å²) >= 11 is 0.874. The second kappa shape index (κ2) is 3.31. The number of rotatable bonds is 1. The number of carbonyl (C=O) groups excluding carboxylic acids is 2. The normalized spacial score (nSPS) is 16.6. The highest BCUT2D eigenvalue weighted by molar-refractivity contribution is 8.18. The molecule has 2 amide bonds. The maximum absolute atomic E-state index is 11.5. The Morgan fingerprint density at radius 1 is 1.14 bits per heavy atom. The molecule has 3 nitrogen and oxygen atoms in total. The fraction of sp³-hybridized carbons (Fsp3) is 0. The number of amides is 2. The highest BCUT2D eigenvalue weighted by Crippen LogP contribution is 2.32. The van der Waals surface area contributed by atoms with Gasteiger partial charge in [-0.1, -0.05) is 24.8 Å². The summed E-state index contributed by atoms with van der Waals surface area (Å²) in [4.78, 5) is 24.3. The van der Waals surface area contributed by atoms with E-state index in [2.05, 4.69) is 6.58 Å². The monoisotopic (exact) mass is 205 g/mol. The zero-order valence-electron chi connectivity index (χ0n) is 7.27. The fourth-order valence-electron chi connectivity index (χ4n) is 1.20. The predicted octanol–water partition coefficient (Wildman–Crippen LogP) is 2.40. The van der Waals surface area contributed by atoms with Gasteiger partial charge in [-0.3, -0.25) is 9.59 Å². The minimum absolute atomic E-state index is 0.277. The number of imide groups is 1. The molecule has 70 valence electrons. The first-order valence-corrected chi connectivity index (χ1v) is 4.82. The first-order valence-electron chi connectivity index (χ1n) is 4.00. The molecule has 4 heteroatoms. The van der Waals surface area contributed by atoms with Crippen LogP contribution in [0, 0.1) is 0 Å². The number of thioether (sulfide) groups is 1. The molecule has 0 spiro atoms. The lowest BCUT2D eigenvalue weighted by atomic mass is 10.3. The van der Waals surface area contributed by atoms with Gasteiger partial charge in [-0.15, -0.1) is 0 Å². The molecule has 0 saturated carbocycles. The number of anilines is 1. The van der Waals surface area contributed by atoms with Crippen molar-refractivity contribution in [3.63, 3.8) is 0 Å². The second-order valence-corrected chi connectivity index (χ2v) is 3.81. The molecule has 1 fully saturated rings. The molecular weight excluding hydrogens is 198 g/mol. The van der Waals surface area contributed by atoms with Crippen LogP contribution >= 0.6 is 11.8 Å². The molecule has 0 unspecified atom stereocenters. The van der Waals surface area contributed by atoms with Crippen LogP contribution in [0.3, 0.4) is 0 Å². The number of benzene rings is 1. The van der Waals surface area contributed by atoms with Crippen molar-refractivity contribution in [1.29, 1.82) is 0 Å². The molecule has 1 saturated heterocycles. The van der Waals surface area contributed by atoms with Crippen molar-refractivity contribution in [2.45, 2.75) is 0 Å². The maximum Gasteiger partial charge on any atom is 0.298 e. The van der Waals surface area contributed by atoms with Crippen molar-refractivity contribution in [1.82, 2.24) is 0 Å². The van der Waals surface area contributed by atoms with Gasteiger partial charge < -0.3 is 0 Å². The van der Waals surface area contributed by atoms with Crippen molar-refractivity contribution in [3.8, 4) is 0 Å².